The molecule has 0 fully saturated rings. The summed E-state index contributed by atoms with van der Waals surface area (Å²) in [6, 6.07) is 26.0. The summed E-state index contributed by atoms with van der Waals surface area (Å²) in [5.41, 5.74) is 11.9. The van der Waals surface area contributed by atoms with Crippen LogP contribution in [0.4, 0.5) is 0 Å². The van der Waals surface area contributed by atoms with Crippen LogP contribution in [0.15, 0.2) is 86.0 Å². The van der Waals surface area contributed by atoms with Crippen LogP contribution in [0.1, 0.15) is 16.7 Å². The Morgan fingerprint density at radius 3 is 2.07 bits per heavy atom. The number of rotatable bonds is 1. The molecular formula is C35H21NO3S2. The van der Waals surface area contributed by atoms with E-state index in [0.717, 1.165) is 66.4 Å². The average Bonchev–Trinajstić information content (AvgIpc) is 3.77. The zero-order valence-corrected chi connectivity index (χ0v) is 24.0. The van der Waals surface area contributed by atoms with Gasteiger partial charge >= 0.3 is 0 Å². The second kappa shape index (κ2) is 7.40. The molecule has 0 unspecified atom stereocenters. The predicted octanol–water partition coefficient (Wildman–Crippen LogP) is 11.5. The van der Waals surface area contributed by atoms with Crippen LogP contribution in [0.25, 0.3) is 90.6 Å². The summed E-state index contributed by atoms with van der Waals surface area (Å²) in [7, 11) is 0. The molecule has 0 saturated heterocycles. The smallest absolute Gasteiger partial charge is 0.198 e. The first-order chi connectivity index (χ1) is 20.0. The zero-order chi connectivity index (χ0) is 27.1. The molecular weight excluding hydrogens is 547 g/mol. The van der Waals surface area contributed by atoms with E-state index in [9.17, 15) is 0 Å². The second-order valence-electron chi connectivity index (χ2n) is 11.2. The maximum Gasteiger partial charge on any atom is 0.198 e. The van der Waals surface area contributed by atoms with Gasteiger partial charge < -0.3 is 17.8 Å². The molecule has 4 nitrogen and oxygen atoms in total. The number of hydrogen-bond donors (Lipinski definition) is 0. The Morgan fingerprint density at radius 1 is 0.512 bits per heavy atom. The van der Waals surface area contributed by atoms with Crippen LogP contribution in [0.2, 0.25) is 0 Å². The van der Waals surface area contributed by atoms with Gasteiger partial charge in [0.15, 0.2) is 22.3 Å². The molecule has 6 heterocycles. The van der Waals surface area contributed by atoms with E-state index in [0.29, 0.717) is 0 Å². The average molecular weight is 568 g/mol. The van der Waals surface area contributed by atoms with Crippen molar-refractivity contribution in [1.82, 2.24) is 4.57 Å². The first kappa shape index (κ1) is 22.2. The van der Waals surface area contributed by atoms with Gasteiger partial charge in [0, 0.05) is 26.5 Å². The van der Waals surface area contributed by atoms with Gasteiger partial charge in [0.25, 0.3) is 0 Å². The fourth-order valence-electron chi connectivity index (χ4n) is 6.42. The van der Waals surface area contributed by atoms with Crippen molar-refractivity contribution in [2.45, 2.75) is 20.8 Å². The predicted molar refractivity (Wildman–Crippen MR) is 173 cm³/mol. The van der Waals surface area contributed by atoms with E-state index in [4.69, 9.17) is 13.3 Å². The molecule has 0 N–H and O–H groups in total. The first-order valence-electron chi connectivity index (χ1n) is 13.7. The minimum atomic E-state index is 0.762. The van der Waals surface area contributed by atoms with Gasteiger partial charge in [-0.05, 0) is 74.4 Å². The van der Waals surface area contributed by atoms with Crippen molar-refractivity contribution in [2.75, 3.05) is 0 Å². The molecule has 0 aliphatic heterocycles. The van der Waals surface area contributed by atoms with Gasteiger partial charge in [0.2, 0.25) is 0 Å². The van der Waals surface area contributed by atoms with Gasteiger partial charge in [0.05, 0.1) is 25.0 Å². The Balaban J connectivity index is 1.29. The minimum Gasteiger partial charge on any atom is -0.454 e. The normalized spacial score (nSPS) is 12.8. The Kier molecular flexibility index (Phi) is 4.01. The number of nitrogens with zero attached hydrogens (tertiary/aromatic N) is 1. The number of benzene rings is 4. The Labute approximate surface area is 240 Å². The summed E-state index contributed by atoms with van der Waals surface area (Å²) in [5, 5.41) is 4.40. The van der Waals surface area contributed by atoms with Crippen molar-refractivity contribution in [2.24, 2.45) is 0 Å². The number of fused-ring (bicyclic) bond motifs is 14. The topological polar surface area (TPSA) is 44.4 Å². The standard InChI is InChI=1S/C35H21NO3S2/c1-16-4-8-19(9-5-16)36-24-12-17(2)6-10-20(24)29-28(36)31-30(39-29)22-14-26-23(15-25(22)37-31)33-32(38-26)35-34(41-33)21-11-7-18(3)13-27(21)40-35/h4-15H,1-3H3. The largest absolute Gasteiger partial charge is 0.454 e. The number of aryl methyl sites for hydroxylation is 3. The van der Waals surface area contributed by atoms with Crippen LogP contribution in [0.3, 0.4) is 0 Å². The zero-order valence-electron chi connectivity index (χ0n) is 22.4. The molecule has 10 aromatic rings. The molecule has 41 heavy (non-hydrogen) atoms. The molecule has 0 aliphatic carbocycles. The molecule has 0 radical (unpaired) electrons. The van der Waals surface area contributed by atoms with Crippen LogP contribution in [0.5, 0.6) is 0 Å². The van der Waals surface area contributed by atoms with E-state index in [1.54, 1.807) is 0 Å². The van der Waals surface area contributed by atoms with Crippen molar-refractivity contribution in [3.8, 4) is 5.69 Å². The summed E-state index contributed by atoms with van der Waals surface area (Å²) >= 11 is 3.63. The van der Waals surface area contributed by atoms with Gasteiger partial charge in [-0.2, -0.15) is 0 Å². The van der Waals surface area contributed by atoms with Crippen LogP contribution in [0, 0.1) is 20.8 Å². The number of furan rings is 3. The lowest BCUT2D eigenvalue weighted by Gasteiger charge is -2.07. The van der Waals surface area contributed by atoms with Gasteiger partial charge in [-0.15, -0.1) is 22.7 Å². The van der Waals surface area contributed by atoms with Crippen molar-refractivity contribution in [3.05, 3.63) is 89.5 Å². The highest BCUT2D eigenvalue weighted by Crippen LogP contribution is 2.50. The maximum atomic E-state index is 6.67. The monoisotopic (exact) mass is 567 g/mol. The van der Waals surface area contributed by atoms with E-state index >= 15 is 0 Å². The third-order valence-corrected chi connectivity index (χ3v) is 10.9. The maximum absolute atomic E-state index is 6.67. The van der Waals surface area contributed by atoms with E-state index < -0.39 is 0 Å². The molecule has 0 bridgehead atoms. The summed E-state index contributed by atoms with van der Waals surface area (Å²) in [4.78, 5) is 0. The van der Waals surface area contributed by atoms with Crippen molar-refractivity contribution in [3.63, 3.8) is 0 Å². The molecule has 0 aliphatic rings. The van der Waals surface area contributed by atoms with E-state index in [-0.39, 0.29) is 0 Å². The molecule has 6 aromatic heterocycles. The Hall–Kier alpha value is -4.52. The third kappa shape index (κ3) is 2.79. The van der Waals surface area contributed by atoms with E-state index in [2.05, 4.69) is 98.1 Å². The summed E-state index contributed by atoms with van der Waals surface area (Å²) < 4.78 is 27.2. The third-order valence-electron chi connectivity index (χ3n) is 8.41. The lowest BCUT2D eigenvalue weighted by Crippen LogP contribution is -1.93. The van der Waals surface area contributed by atoms with Crippen LogP contribution >= 0.6 is 22.7 Å². The molecule has 0 atom stereocenters. The Bertz CT molecular complexity index is 2720. The number of hydrogen-bond acceptors (Lipinski definition) is 5. The second-order valence-corrected chi connectivity index (χ2v) is 13.3. The summed E-state index contributed by atoms with van der Waals surface area (Å²) in [6.07, 6.45) is 0. The highest BCUT2D eigenvalue weighted by Gasteiger charge is 2.26. The van der Waals surface area contributed by atoms with Gasteiger partial charge in [-0.25, -0.2) is 0 Å². The van der Waals surface area contributed by atoms with Gasteiger partial charge in [0.1, 0.15) is 16.7 Å². The van der Waals surface area contributed by atoms with Crippen LogP contribution in [-0.2, 0) is 0 Å². The number of aromatic nitrogens is 1. The molecule has 0 amide bonds. The van der Waals surface area contributed by atoms with Gasteiger partial charge in [-0.1, -0.05) is 35.9 Å². The van der Waals surface area contributed by atoms with Crippen LogP contribution < -0.4 is 0 Å². The minimum absolute atomic E-state index is 0.762. The molecule has 6 heteroatoms. The molecule has 0 saturated carbocycles. The SMILES string of the molecule is Cc1ccc(-n2c3cc(C)ccc3c3oc4c5cc6oc7c(sc8c9ccc(C)cc9sc78)c6cc5oc4c32)cc1. The van der Waals surface area contributed by atoms with Crippen molar-refractivity contribution in [1.29, 1.82) is 0 Å². The van der Waals surface area contributed by atoms with Gasteiger partial charge in [-0.3, -0.25) is 0 Å². The highest BCUT2D eigenvalue weighted by atomic mass is 32.1. The summed E-state index contributed by atoms with van der Waals surface area (Å²) in [5.74, 6) is 0. The first-order valence-corrected chi connectivity index (χ1v) is 15.3. The lowest BCUT2D eigenvalue weighted by atomic mass is 10.2. The fraction of sp³-hybridized carbons (Fsp3) is 0.0857. The van der Waals surface area contributed by atoms with Crippen molar-refractivity contribution < 1.29 is 13.3 Å². The quantitative estimate of drug-likeness (QED) is 0.198. The molecule has 10 rings (SSSR count). The Morgan fingerprint density at radius 2 is 1.22 bits per heavy atom. The number of thiophene rings is 2. The lowest BCUT2D eigenvalue weighted by molar-refractivity contribution is 0.654. The highest BCUT2D eigenvalue weighted by molar-refractivity contribution is 7.36. The molecule has 196 valence electrons. The van der Waals surface area contributed by atoms with Crippen molar-refractivity contribution >= 4 is 108 Å². The van der Waals surface area contributed by atoms with E-state index in [1.165, 1.54) is 40.9 Å². The molecule has 4 aromatic carbocycles. The fourth-order valence-corrected chi connectivity index (χ4v) is 9.17. The van der Waals surface area contributed by atoms with Crippen LogP contribution in [-0.4, -0.2) is 4.57 Å². The van der Waals surface area contributed by atoms with E-state index in [1.807, 2.05) is 22.7 Å². The molecule has 0 spiro atoms. The summed E-state index contributed by atoms with van der Waals surface area (Å²) in [6.45, 7) is 6.38.